The number of thioether (sulfide) groups is 1. The number of nitrogens with one attached hydrogen (secondary N) is 1. The van der Waals surface area contributed by atoms with Crippen molar-refractivity contribution in [3.63, 3.8) is 0 Å². The van der Waals surface area contributed by atoms with Gasteiger partial charge in [-0.1, -0.05) is 36.2 Å². The lowest BCUT2D eigenvalue weighted by Gasteiger charge is -2.29. The number of amides is 1. The molecule has 1 heterocycles. The smallest absolute Gasteiger partial charge is 0.255 e. The molecule has 1 fully saturated rings. The topological polar surface area (TPSA) is 75.7 Å². The van der Waals surface area contributed by atoms with Crippen molar-refractivity contribution in [2.75, 3.05) is 32.5 Å². The second-order valence-electron chi connectivity index (χ2n) is 8.01. The summed E-state index contributed by atoms with van der Waals surface area (Å²) < 4.78 is 33.0. The Kier molecular flexibility index (Phi) is 9.35. The number of sulfonamides is 1. The maximum absolute atomic E-state index is 13.1. The molecule has 0 aromatic heterocycles. The molecule has 0 bridgehead atoms. The van der Waals surface area contributed by atoms with E-state index in [1.807, 2.05) is 12.1 Å². The maximum Gasteiger partial charge on any atom is 0.255 e. The molecule has 1 N–H and O–H groups in total. The Morgan fingerprint density at radius 2 is 1.88 bits per heavy atom. The number of carbonyl (C=O) groups is 1. The first-order chi connectivity index (χ1) is 15.7. The van der Waals surface area contributed by atoms with Gasteiger partial charge in [0, 0.05) is 31.1 Å². The number of methoxy groups -OCH3 is 1. The van der Waals surface area contributed by atoms with E-state index in [1.54, 1.807) is 17.8 Å². The van der Waals surface area contributed by atoms with Crippen LogP contribution in [0.5, 0.6) is 5.75 Å². The third kappa shape index (κ3) is 6.79. The van der Waals surface area contributed by atoms with E-state index in [1.165, 1.54) is 29.6 Å². The van der Waals surface area contributed by atoms with Gasteiger partial charge < -0.3 is 10.1 Å². The van der Waals surface area contributed by atoms with E-state index in [0.717, 1.165) is 24.2 Å². The van der Waals surface area contributed by atoms with E-state index in [0.29, 0.717) is 47.1 Å². The van der Waals surface area contributed by atoms with Crippen molar-refractivity contribution in [1.82, 2.24) is 9.62 Å². The van der Waals surface area contributed by atoms with Gasteiger partial charge in [-0.05, 0) is 54.7 Å². The van der Waals surface area contributed by atoms with E-state index in [-0.39, 0.29) is 16.4 Å². The highest BCUT2D eigenvalue weighted by Gasteiger charge is 2.29. The molecule has 1 amide bonds. The standard InChI is InChI=1S/C23H28Cl2N2O4S2/c1-16-7-10-27(11-8-16)33(29,30)18-4-6-22(31-2)19(14-18)23(28)26-9-12-32-15-17-3-5-20(24)21(25)13-17/h3-6,13-14,16H,7-12,15H2,1-2H3,(H,26,28). The van der Waals surface area contributed by atoms with Gasteiger partial charge in [0.2, 0.25) is 10.0 Å². The maximum atomic E-state index is 13.1. The molecule has 0 radical (unpaired) electrons. The summed E-state index contributed by atoms with van der Waals surface area (Å²) in [5.74, 6) is 1.90. The molecule has 0 saturated carbocycles. The summed E-state index contributed by atoms with van der Waals surface area (Å²) in [4.78, 5) is 12.9. The second-order valence-corrected chi connectivity index (χ2v) is 11.9. The van der Waals surface area contributed by atoms with E-state index in [4.69, 9.17) is 27.9 Å². The van der Waals surface area contributed by atoms with Crippen LogP contribution in [-0.4, -0.2) is 51.1 Å². The highest BCUT2D eigenvalue weighted by molar-refractivity contribution is 7.98. The fourth-order valence-electron chi connectivity index (χ4n) is 3.55. The van der Waals surface area contributed by atoms with Gasteiger partial charge in [-0.3, -0.25) is 4.79 Å². The summed E-state index contributed by atoms with van der Waals surface area (Å²) in [7, 11) is -2.20. The summed E-state index contributed by atoms with van der Waals surface area (Å²) >= 11 is 13.6. The van der Waals surface area contributed by atoms with Crippen molar-refractivity contribution < 1.29 is 17.9 Å². The first-order valence-electron chi connectivity index (χ1n) is 10.7. The molecule has 33 heavy (non-hydrogen) atoms. The van der Waals surface area contributed by atoms with Gasteiger partial charge in [-0.2, -0.15) is 16.1 Å². The molecular weight excluding hydrogens is 503 g/mol. The lowest BCUT2D eigenvalue weighted by Crippen LogP contribution is -2.38. The first-order valence-corrected chi connectivity index (χ1v) is 14.1. The van der Waals surface area contributed by atoms with Crippen molar-refractivity contribution in [2.45, 2.75) is 30.4 Å². The second kappa shape index (κ2) is 11.8. The minimum atomic E-state index is -3.66. The van der Waals surface area contributed by atoms with Crippen LogP contribution in [0, 0.1) is 5.92 Å². The van der Waals surface area contributed by atoms with Crippen LogP contribution in [-0.2, 0) is 15.8 Å². The molecule has 10 heteroatoms. The third-order valence-corrected chi connectivity index (χ3v) is 9.24. The molecule has 0 atom stereocenters. The number of hydrogen-bond acceptors (Lipinski definition) is 5. The minimum absolute atomic E-state index is 0.108. The number of piperidine rings is 1. The van der Waals surface area contributed by atoms with E-state index in [2.05, 4.69) is 12.2 Å². The van der Waals surface area contributed by atoms with E-state index in [9.17, 15) is 13.2 Å². The summed E-state index contributed by atoms with van der Waals surface area (Å²) in [5.41, 5.74) is 1.26. The molecule has 1 saturated heterocycles. The highest BCUT2D eigenvalue weighted by atomic mass is 35.5. The van der Waals surface area contributed by atoms with Crippen LogP contribution >= 0.6 is 35.0 Å². The molecule has 1 aliphatic heterocycles. The Hall–Kier alpha value is -1.45. The number of carbonyl (C=O) groups excluding carboxylic acids is 1. The quantitative estimate of drug-likeness (QED) is 0.457. The van der Waals surface area contributed by atoms with Crippen molar-refractivity contribution in [2.24, 2.45) is 5.92 Å². The zero-order valence-corrected chi connectivity index (χ0v) is 21.8. The molecular formula is C23H28Cl2N2O4S2. The minimum Gasteiger partial charge on any atom is -0.496 e. The zero-order valence-electron chi connectivity index (χ0n) is 18.6. The Labute approximate surface area is 210 Å². The predicted octanol–water partition coefficient (Wildman–Crippen LogP) is 5.09. The van der Waals surface area contributed by atoms with Crippen LogP contribution < -0.4 is 10.1 Å². The average molecular weight is 532 g/mol. The Morgan fingerprint density at radius 1 is 1.15 bits per heavy atom. The first kappa shape index (κ1) is 26.2. The number of ether oxygens (including phenoxy) is 1. The molecule has 2 aromatic rings. The molecule has 0 unspecified atom stereocenters. The van der Waals surface area contributed by atoms with Crippen molar-refractivity contribution in [3.8, 4) is 5.75 Å². The van der Waals surface area contributed by atoms with Crippen LogP contribution in [0.25, 0.3) is 0 Å². The van der Waals surface area contributed by atoms with Crippen LogP contribution in [0.4, 0.5) is 0 Å². The SMILES string of the molecule is COc1ccc(S(=O)(=O)N2CCC(C)CC2)cc1C(=O)NCCSCc1ccc(Cl)c(Cl)c1. The number of nitrogens with zero attached hydrogens (tertiary/aromatic N) is 1. The summed E-state index contributed by atoms with van der Waals surface area (Å²) in [6.07, 6.45) is 1.67. The molecule has 2 aromatic carbocycles. The number of hydrogen-bond donors (Lipinski definition) is 1. The fraction of sp³-hybridized carbons (Fsp3) is 0.435. The lowest BCUT2D eigenvalue weighted by molar-refractivity contribution is 0.0953. The summed E-state index contributed by atoms with van der Waals surface area (Å²) in [6.45, 7) is 3.54. The van der Waals surface area contributed by atoms with Gasteiger partial charge in [0.1, 0.15) is 5.75 Å². The summed E-state index contributed by atoms with van der Waals surface area (Å²) in [6, 6.07) is 9.95. The van der Waals surface area contributed by atoms with Crippen molar-refractivity contribution in [1.29, 1.82) is 0 Å². The molecule has 1 aliphatic rings. The number of halogens is 2. The lowest BCUT2D eigenvalue weighted by atomic mass is 10.0. The van der Waals surface area contributed by atoms with E-state index >= 15 is 0 Å². The van der Waals surface area contributed by atoms with Crippen molar-refractivity contribution in [3.05, 3.63) is 57.6 Å². The Balaban J connectivity index is 1.60. The van der Waals surface area contributed by atoms with Crippen LogP contribution in [0.2, 0.25) is 10.0 Å². The summed E-state index contributed by atoms with van der Waals surface area (Å²) in [5, 5.41) is 3.89. The zero-order chi connectivity index (χ0) is 24.0. The van der Waals surface area contributed by atoms with Crippen LogP contribution in [0.3, 0.4) is 0 Å². The Morgan fingerprint density at radius 3 is 2.55 bits per heavy atom. The van der Waals surface area contributed by atoms with Crippen LogP contribution in [0.15, 0.2) is 41.3 Å². The monoisotopic (exact) mass is 530 g/mol. The fourth-order valence-corrected chi connectivity index (χ4v) is 6.17. The predicted molar refractivity (Wildman–Crippen MR) is 135 cm³/mol. The van der Waals surface area contributed by atoms with Gasteiger partial charge in [0.15, 0.2) is 0 Å². The van der Waals surface area contributed by atoms with Gasteiger partial charge in [-0.15, -0.1) is 0 Å². The largest absolute Gasteiger partial charge is 0.496 e. The van der Waals surface area contributed by atoms with Crippen molar-refractivity contribution >= 4 is 50.9 Å². The van der Waals surface area contributed by atoms with Gasteiger partial charge >= 0.3 is 0 Å². The molecule has 6 nitrogen and oxygen atoms in total. The molecule has 0 aliphatic carbocycles. The Bertz CT molecular complexity index is 1090. The number of benzene rings is 2. The third-order valence-electron chi connectivity index (χ3n) is 5.58. The molecule has 3 rings (SSSR count). The van der Waals surface area contributed by atoms with Gasteiger partial charge in [0.05, 0.1) is 27.6 Å². The van der Waals surface area contributed by atoms with Gasteiger partial charge in [-0.25, -0.2) is 8.42 Å². The molecule has 0 spiro atoms. The van der Waals surface area contributed by atoms with Gasteiger partial charge in [0.25, 0.3) is 5.91 Å². The molecule has 180 valence electrons. The van der Waals surface area contributed by atoms with Crippen LogP contribution in [0.1, 0.15) is 35.7 Å². The van der Waals surface area contributed by atoms with E-state index < -0.39 is 10.0 Å². The highest BCUT2D eigenvalue weighted by Crippen LogP contribution is 2.28. The number of rotatable bonds is 9. The average Bonchev–Trinajstić information content (AvgIpc) is 2.80. The normalized spacial score (nSPS) is 15.4.